The van der Waals surface area contributed by atoms with Crippen LogP contribution in [0.5, 0.6) is 0 Å². The molecule has 1 aromatic rings. The smallest absolute Gasteiger partial charge is 0.290 e. The number of aryl methyl sites for hydroxylation is 1. The zero-order valence-corrected chi connectivity index (χ0v) is 11.5. The van der Waals surface area contributed by atoms with E-state index in [9.17, 15) is 4.79 Å². The van der Waals surface area contributed by atoms with Gasteiger partial charge in [0.2, 0.25) is 0 Å². The lowest BCUT2D eigenvalue weighted by Crippen LogP contribution is -2.44. The minimum atomic E-state index is 0.00167. The highest BCUT2D eigenvalue weighted by atomic mass is 16.3. The Bertz CT molecular complexity index is 360. The second-order valence-corrected chi connectivity index (χ2v) is 4.64. The largest absolute Gasteiger partial charge is 0.456 e. The lowest BCUT2D eigenvalue weighted by molar-refractivity contribution is 0.0564. The van der Waals surface area contributed by atoms with E-state index in [4.69, 9.17) is 4.42 Å². The topological polar surface area (TPSA) is 33.5 Å². The molecule has 1 aromatic heterocycles. The molecule has 2 atom stereocenters. The van der Waals surface area contributed by atoms with Crippen molar-refractivity contribution in [2.45, 2.75) is 59.5 Å². The van der Waals surface area contributed by atoms with Crippen LogP contribution in [0.25, 0.3) is 0 Å². The monoisotopic (exact) mass is 237 g/mol. The van der Waals surface area contributed by atoms with Gasteiger partial charge >= 0.3 is 0 Å². The fourth-order valence-corrected chi connectivity index (χ4v) is 1.90. The Balaban J connectivity index is 2.94. The Morgan fingerprint density at radius 2 is 1.76 bits per heavy atom. The predicted octanol–water partition coefficient (Wildman–Crippen LogP) is 3.63. The molecule has 0 N–H and O–H groups in total. The van der Waals surface area contributed by atoms with Crippen LogP contribution in [0, 0.1) is 6.92 Å². The number of furan rings is 1. The van der Waals surface area contributed by atoms with Crippen LogP contribution in [0.4, 0.5) is 0 Å². The van der Waals surface area contributed by atoms with Crippen molar-refractivity contribution < 1.29 is 9.21 Å². The number of rotatable bonds is 5. The summed E-state index contributed by atoms with van der Waals surface area (Å²) in [7, 11) is 0. The highest BCUT2D eigenvalue weighted by Crippen LogP contribution is 2.17. The van der Waals surface area contributed by atoms with Gasteiger partial charge in [0, 0.05) is 12.1 Å². The standard InChI is InChI=1S/C14H23NO2/c1-6-10(3)15(11(4)7-2)14(16)13-9-8-12(5)17-13/h8-11H,6-7H2,1-5H3/t10-,11-/m0/s1. The maximum atomic E-state index is 12.4. The maximum absolute atomic E-state index is 12.4. The molecule has 3 nitrogen and oxygen atoms in total. The molecule has 0 aliphatic carbocycles. The van der Waals surface area contributed by atoms with Crippen molar-refractivity contribution in [3.8, 4) is 0 Å². The molecule has 1 heterocycles. The summed E-state index contributed by atoms with van der Waals surface area (Å²) in [5.41, 5.74) is 0. The van der Waals surface area contributed by atoms with E-state index in [0.29, 0.717) is 5.76 Å². The summed E-state index contributed by atoms with van der Waals surface area (Å²) in [5, 5.41) is 0. The van der Waals surface area contributed by atoms with Crippen molar-refractivity contribution in [3.63, 3.8) is 0 Å². The second-order valence-electron chi connectivity index (χ2n) is 4.64. The molecule has 0 aromatic carbocycles. The van der Waals surface area contributed by atoms with Crippen LogP contribution in [0.3, 0.4) is 0 Å². The van der Waals surface area contributed by atoms with Crippen LogP contribution < -0.4 is 0 Å². The van der Waals surface area contributed by atoms with E-state index in [1.165, 1.54) is 0 Å². The number of hydrogen-bond acceptors (Lipinski definition) is 2. The molecule has 0 bridgehead atoms. The third kappa shape index (κ3) is 3.11. The van der Waals surface area contributed by atoms with Crippen LogP contribution in [0.2, 0.25) is 0 Å². The molecule has 0 fully saturated rings. The summed E-state index contributed by atoms with van der Waals surface area (Å²) in [6.45, 7) is 10.2. The second kappa shape index (κ2) is 5.89. The number of carbonyl (C=O) groups is 1. The van der Waals surface area contributed by atoms with Gasteiger partial charge in [0.25, 0.3) is 5.91 Å². The van der Waals surface area contributed by atoms with Crippen LogP contribution in [-0.2, 0) is 0 Å². The van der Waals surface area contributed by atoms with Gasteiger partial charge in [-0.25, -0.2) is 0 Å². The van der Waals surface area contributed by atoms with Gasteiger partial charge in [0.15, 0.2) is 5.76 Å². The minimum Gasteiger partial charge on any atom is -0.456 e. The van der Waals surface area contributed by atoms with Gasteiger partial charge < -0.3 is 9.32 Å². The number of nitrogens with zero attached hydrogens (tertiary/aromatic N) is 1. The van der Waals surface area contributed by atoms with Crippen molar-refractivity contribution in [2.75, 3.05) is 0 Å². The van der Waals surface area contributed by atoms with E-state index in [0.717, 1.165) is 18.6 Å². The fraction of sp³-hybridized carbons (Fsp3) is 0.643. The molecule has 0 saturated carbocycles. The Labute approximate surface area is 104 Å². The minimum absolute atomic E-state index is 0.00167. The average molecular weight is 237 g/mol. The summed E-state index contributed by atoms with van der Waals surface area (Å²) >= 11 is 0. The van der Waals surface area contributed by atoms with Crippen LogP contribution in [0.1, 0.15) is 56.9 Å². The summed E-state index contributed by atoms with van der Waals surface area (Å²) in [6, 6.07) is 4.07. The van der Waals surface area contributed by atoms with Crippen LogP contribution >= 0.6 is 0 Å². The first-order valence-electron chi connectivity index (χ1n) is 6.40. The van der Waals surface area contributed by atoms with Crippen molar-refractivity contribution in [3.05, 3.63) is 23.7 Å². The molecule has 1 amide bonds. The maximum Gasteiger partial charge on any atom is 0.290 e. The molecule has 0 spiro atoms. The first-order valence-corrected chi connectivity index (χ1v) is 6.40. The Hall–Kier alpha value is -1.25. The van der Waals surface area contributed by atoms with Crippen molar-refractivity contribution in [2.24, 2.45) is 0 Å². The Morgan fingerprint density at radius 1 is 1.24 bits per heavy atom. The van der Waals surface area contributed by atoms with Crippen molar-refractivity contribution >= 4 is 5.91 Å². The molecule has 0 aliphatic rings. The summed E-state index contributed by atoms with van der Waals surface area (Å²) in [5.74, 6) is 1.23. The van der Waals surface area contributed by atoms with Gasteiger partial charge in [-0.15, -0.1) is 0 Å². The van der Waals surface area contributed by atoms with Crippen molar-refractivity contribution in [1.29, 1.82) is 0 Å². The third-order valence-corrected chi connectivity index (χ3v) is 3.32. The quantitative estimate of drug-likeness (QED) is 0.783. The lowest BCUT2D eigenvalue weighted by atomic mass is 10.1. The van der Waals surface area contributed by atoms with E-state index in [2.05, 4.69) is 27.7 Å². The SMILES string of the molecule is CC[C@H](C)N(C(=O)c1ccc(C)o1)[C@@H](C)CC. The zero-order valence-electron chi connectivity index (χ0n) is 11.5. The molecule has 0 radical (unpaired) electrons. The fourth-order valence-electron chi connectivity index (χ4n) is 1.90. The number of amides is 1. The van der Waals surface area contributed by atoms with Crippen LogP contribution in [0.15, 0.2) is 16.5 Å². The highest BCUT2D eigenvalue weighted by Gasteiger charge is 2.26. The molecular formula is C14H23NO2. The Morgan fingerprint density at radius 3 is 2.12 bits per heavy atom. The van der Waals surface area contributed by atoms with Gasteiger partial charge in [0.05, 0.1) is 0 Å². The molecule has 0 saturated heterocycles. The molecule has 0 aliphatic heterocycles. The average Bonchev–Trinajstić information content (AvgIpc) is 2.75. The summed E-state index contributed by atoms with van der Waals surface area (Å²) in [6.07, 6.45) is 1.91. The van der Waals surface area contributed by atoms with E-state index in [1.807, 2.05) is 17.9 Å². The molecule has 17 heavy (non-hydrogen) atoms. The van der Waals surface area contributed by atoms with Crippen molar-refractivity contribution in [1.82, 2.24) is 4.90 Å². The van der Waals surface area contributed by atoms with Gasteiger partial charge in [0.1, 0.15) is 5.76 Å². The zero-order chi connectivity index (χ0) is 13.0. The highest BCUT2D eigenvalue weighted by molar-refractivity contribution is 5.92. The summed E-state index contributed by atoms with van der Waals surface area (Å²) in [4.78, 5) is 14.3. The first-order chi connectivity index (χ1) is 8.01. The number of hydrogen-bond donors (Lipinski definition) is 0. The molecule has 1 rings (SSSR count). The molecule has 96 valence electrons. The van der Waals surface area contributed by atoms with E-state index >= 15 is 0 Å². The molecule has 0 unspecified atom stereocenters. The lowest BCUT2D eigenvalue weighted by Gasteiger charge is -2.33. The normalized spacial score (nSPS) is 14.4. The van der Waals surface area contributed by atoms with E-state index in [-0.39, 0.29) is 18.0 Å². The predicted molar refractivity (Wildman–Crippen MR) is 69.1 cm³/mol. The number of carbonyl (C=O) groups excluding carboxylic acids is 1. The molecule has 3 heteroatoms. The van der Waals surface area contributed by atoms with Gasteiger partial charge in [-0.1, -0.05) is 13.8 Å². The summed E-state index contributed by atoms with van der Waals surface area (Å²) < 4.78 is 5.42. The van der Waals surface area contributed by atoms with Crippen LogP contribution in [-0.4, -0.2) is 22.9 Å². The van der Waals surface area contributed by atoms with Gasteiger partial charge in [-0.2, -0.15) is 0 Å². The third-order valence-electron chi connectivity index (χ3n) is 3.32. The van der Waals surface area contributed by atoms with E-state index < -0.39 is 0 Å². The van der Waals surface area contributed by atoms with Gasteiger partial charge in [-0.3, -0.25) is 4.79 Å². The Kier molecular flexibility index (Phi) is 4.79. The van der Waals surface area contributed by atoms with Gasteiger partial charge in [-0.05, 0) is 45.7 Å². The van der Waals surface area contributed by atoms with E-state index in [1.54, 1.807) is 6.07 Å². The molecular weight excluding hydrogens is 214 g/mol. The first kappa shape index (κ1) is 13.8.